The molecule has 2 heterocycles. The minimum atomic E-state index is -0.476. The Morgan fingerprint density at radius 2 is 2.15 bits per heavy atom. The number of rotatable bonds is 6. The van der Waals surface area contributed by atoms with Gasteiger partial charge in [0, 0.05) is 13.1 Å². The average Bonchev–Trinajstić information content (AvgIpc) is 3.08. The van der Waals surface area contributed by atoms with Crippen molar-refractivity contribution in [1.29, 1.82) is 0 Å². The first-order valence-corrected chi connectivity index (χ1v) is 9.30. The zero-order valence-corrected chi connectivity index (χ0v) is 15.7. The normalized spacial score (nSPS) is 21.5. The molecule has 0 aromatic heterocycles. The van der Waals surface area contributed by atoms with Crippen LogP contribution < -0.4 is 15.4 Å². The Morgan fingerprint density at radius 3 is 2.85 bits per heavy atom. The topological polar surface area (TPSA) is 91.0 Å². The van der Waals surface area contributed by atoms with Crippen molar-refractivity contribution in [3.63, 3.8) is 0 Å². The van der Waals surface area contributed by atoms with Gasteiger partial charge in [-0.1, -0.05) is 18.2 Å². The summed E-state index contributed by atoms with van der Waals surface area (Å²) in [5.74, 6) is 0.562. The molecule has 2 atom stereocenters. The van der Waals surface area contributed by atoms with E-state index in [1.165, 1.54) is 0 Å². The van der Waals surface area contributed by atoms with E-state index in [2.05, 4.69) is 10.6 Å². The number of likely N-dealkylation sites (N-methyl/N-ethyl adjacent to an activating group) is 1. The van der Waals surface area contributed by atoms with Crippen LogP contribution in [0.15, 0.2) is 24.3 Å². The second-order valence-electron chi connectivity index (χ2n) is 6.86. The van der Waals surface area contributed by atoms with Crippen LogP contribution in [0.1, 0.15) is 18.9 Å². The molecule has 2 aliphatic heterocycles. The largest absolute Gasteiger partial charge is 0.491 e. The van der Waals surface area contributed by atoms with Gasteiger partial charge >= 0.3 is 6.03 Å². The molecule has 0 radical (unpaired) electrons. The van der Waals surface area contributed by atoms with E-state index in [9.17, 15) is 14.4 Å². The zero-order chi connectivity index (χ0) is 19.4. The minimum absolute atomic E-state index is 0.0350. The van der Waals surface area contributed by atoms with Gasteiger partial charge in [-0.05, 0) is 31.9 Å². The lowest BCUT2D eigenvalue weighted by molar-refractivity contribution is -0.143. The third-order valence-corrected chi connectivity index (χ3v) is 5.05. The van der Waals surface area contributed by atoms with Crippen molar-refractivity contribution in [2.24, 2.45) is 0 Å². The number of carbonyl (C=O) groups is 3. The summed E-state index contributed by atoms with van der Waals surface area (Å²) in [5, 5.41) is 5.53. The summed E-state index contributed by atoms with van der Waals surface area (Å²) in [4.78, 5) is 39.6. The smallest absolute Gasteiger partial charge is 0.317 e. The Kier molecular flexibility index (Phi) is 5.83. The number of carbonyl (C=O) groups excluding carboxylic acids is 3. The molecule has 0 spiro atoms. The van der Waals surface area contributed by atoms with Gasteiger partial charge in [0.05, 0.1) is 19.1 Å². The molecular weight excluding hydrogens is 348 g/mol. The Balaban J connectivity index is 1.49. The van der Waals surface area contributed by atoms with Crippen molar-refractivity contribution < 1.29 is 19.1 Å². The highest BCUT2D eigenvalue weighted by atomic mass is 16.5. The number of ether oxygens (including phenoxy) is 1. The Morgan fingerprint density at radius 1 is 1.37 bits per heavy atom. The molecule has 27 heavy (non-hydrogen) atoms. The van der Waals surface area contributed by atoms with E-state index in [1.807, 2.05) is 38.1 Å². The van der Waals surface area contributed by atoms with Gasteiger partial charge < -0.3 is 25.2 Å². The molecule has 4 amide bonds. The molecule has 0 aliphatic carbocycles. The highest BCUT2D eigenvalue weighted by Crippen LogP contribution is 2.21. The summed E-state index contributed by atoms with van der Waals surface area (Å²) in [6, 6.07) is 6.85. The molecule has 2 aliphatic rings. The number of hydrogen-bond acceptors (Lipinski definition) is 4. The number of urea groups is 1. The van der Waals surface area contributed by atoms with Crippen LogP contribution in [0.25, 0.3) is 0 Å². The quantitative estimate of drug-likeness (QED) is 0.759. The fraction of sp³-hybridized carbons (Fsp3) is 0.526. The van der Waals surface area contributed by atoms with Crippen molar-refractivity contribution in [3.05, 3.63) is 29.8 Å². The zero-order valence-electron chi connectivity index (χ0n) is 15.7. The summed E-state index contributed by atoms with van der Waals surface area (Å²) >= 11 is 0. The van der Waals surface area contributed by atoms with Crippen molar-refractivity contribution in [1.82, 2.24) is 20.4 Å². The van der Waals surface area contributed by atoms with E-state index in [4.69, 9.17) is 4.74 Å². The van der Waals surface area contributed by atoms with Crippen molar-refractivity contribution >= 4 is 17.8 Å². The van der Waals surface area contributed by atoms with Crippen LogP contribution >= 0.6 is 0 Å². The molecular formula is C19H26N4O4. The number of amides is 4. The highest BCUT2D eigenvalue weighted by Gasteiger charge is 2.43. The highest BCUT2D eigenvalue weighted by molar-refractivity contribution is 5.95. The molecule has 0 unspecified atom stereocenters. The van der Waals surface area contributed by atoms with Gasteiger partial charge in [0.25, 0.3) is 0 Å². The van der Waals surface area contributed by atoms with E-state index < -0.39 is 6.04 Å². The number of hydrogen-bond donors (Lipinski definition) is 2. The Labute approximate surface area is 158 Å². The first-order chi connectivity index (χ1) is 13.0. The van der Waals surface area contributed by atoms with Crippen molar-refractivity contribution in [3.8, 4) is 5.75 Å². The van der Waals surface area contributed by atoms with E-state index in [0.717, 1.165) is 11.3 Å². The van der Waals surface area contributed by atoms with Gasteiger partial charge in [-0.2, -0.15) is 0 Å². The minimum Gasteiger partial charge on any atom is -0.491 e. The number of piperazine rings is 1. The van der Waals surface area contributed by atoms with Crippen LogP contribution in [0.5, 0.6) is 5.75 Å². The monoisotopic (exact) mass is 374 g/mol. The van der Waals surface area contributed by atoms with Crippen LogP contribution in [-0.2, 0) is 9.59 Å². The van der Waals surface area contributed by atoms with Crippen molar-refractivity contribution in [2.75, 3.05) is 32.8 Å². The number of benzene rings is 1. The summed E-state index contributed by atoms with van der Waals surface area (Å²) in [7, 11) is 0. The lowest BCUT2D eigenvalue weighted by Crippen LogP contribution is -2.55. The third kappa shape index (κ3) is 4.32. The molecule has 2 fully saturated rings. The Hall–Kier alpha value is -2.77. The van der Waals surface area contributed by atoms with Crippen LogP contribution in [0.3, 0.4) is 0 Å². The standard InChI is InChI=1S/C19H26N4O4/c1-3-22(8-9-27-16-7-5-4-6-13(16)2)19(26)21-14-10-15-18(25)20-11-17(24)23(15)12-14/h4-7,14-15H,3,8-12H2,1-2H3,(H,20,25)(H,21,26)/t14-,15-/m0/s1. The van der Waals surface area contributed by atoms with Gasteiger partial charge in [-0.3, -0.25) is 9.59 Å². The van der Waals surface area contributed by atoms with Crippen LogP contribution in [-0.4, -0.2) is 72.5 Å². The second-order valence-corrected chi connectivity index (χ2v) is 6.86. The van der Waals surface area contributed by atoms with Gasteiger partial charge in [0.15, 0.2) is 0 Å². The summed E-state index contributed by atoms with van der Waals surface area (Å²) in [6.45, 7) is 5.69. The number of para-hydroxylation sites is 1. The fourth-order valence-electron chi connectivity index (χ4n) is 3.50. The fourth-order valence-corrected chi connectivity index (χ4v) is 3.50. The van der Waals surface area contributed by atoms with Gasteiger partial charge in [0.1, 0.15) is 18.4 Å². The molecule has 0 saturated carbocycles. The first-order valence-electron chi connectivity index (χ1n) is 9.30. The lowest BCUT2D eigenvalue weighted by atomic mass is 10.1. The summed E-state index contributed by atoms with van der Waals surface area (Å²) < 4.78 is 5.77. The van der Waals surface area contributed by atoms with Gasteiger partial charge in [0.2, 0.25) is 11.8 Å². The molecule has 2 N–H and O–H groups in total. The molecule has 8 heteroatoms. The van der Waals surface area contributed by atoms with Crippen LogP contribution in [0.4, 0.5) is 4.79 Å². The number of nitrogens with zero attached hydrogens (tertiary/aromatic N) is 2. The SMILES string of the molecule is CCN(CCOc1ccccc1C)C(=O)N[C@H]1C[C@H]2C(=O)NCC(=O)N2C1. The van der Waals surface area contributed by atoms with Crippen LogP contribution in [0.2, 0.25) is 0 Å². The second kappa shape index (κ2) is 8.28. The van der Waals surface area contributed by atoms with E-state index in [0.29, 0.717) is 32.7 Å². The maximum atomic E-state index is 12.6. The molecule has 1 aromatic carbocycles. The van der Waals surface area contributed by atoms with Gasteiger partial charge in [-0.25, -0.2) is 4.79 Å². The van der Waals surface area contributed by atoms with Crippen molar-refractivity contribution in [2.45, 2.75) is 32.4 Å². The van der Waals surface area contributed by atoms with E-state index in [-0.39, 0.29) is 30.4 Å². The third-order valence-electron chi connectivity index (χ3n) is 5.05. The predicted molar refractivity (Wildman–Crippen MR) is 99.4 cm³/mol. The number of nitrogens with one attached hydrogen (secondary N) is 2. The maximum Gasteiger partial charge on any atom is 0.317 e. The van der Waals surface area contributed by atoms with Crippen LogP contribution in [0, 0.1) is 6.92 Å². The Bertz CT molecular complexity index is 699. The lowest BCUT2D eigenvalue weighted by Gasteiger charge is -2.28. The first kappa shape index (κ1) is 19.0. The molecule has 146 valence electrons. The molecule has 8 nitrogen and oxygen atoms in total. The summed E-state index contributed by atoms with van der Waals surface area (Å²) in [5.41, 5.74) is 1.05. The molecule has 3 rings (SSSR count). The molecule has 2 saturated heterocycles. The molecule has 1 aromatic rings. The summed E-state index contributed by atoms with van der Waals surface area (Å²) in [6.07, 6.45) is 0.445. The maximum absolute atomic E-state index is 12.6. The van der Waals surface area contributed by atoms with E-state index >= 15 is 0 Å². The molecule has 0 bridgehead atoms. The number of aryl methyl sites for hydroxylation is 1. The predicted octanol–water partition coefficient (Wildman–Crippen LogP) is 0.505. The van der Waals surface area contributed by atoms with Gasteiger partial charge in [-0.15, -0.1) is 0 Å². The average molecular weight is 374 g/mol. The number of fused-ring (bicyclic) bond motifs is 1. The van der Waals surface area contributed by atoms with E-state index in [1.54, 1.807) is 9.80 Å².